The normalized spacial score (nSPS) is 21.4. The molecule has 1 fully saturated rings. The van der Waals surface area contributed by atoms with E-state index in [1.54, 1.807) is 0 Å². The number of carbonyl (C=O) groups is 1. The first-order valence-electron chi connectivity index (χ1n) is 5.12. The van der Waals surface area contributed by atoms with Crippen LogP contribution in [0.2, 0.25) is 0 Å². The van der Waals surface area contributed by atoms with Gasteiger partial charge >= 0.3 is 12.3 Å². The Morgan fingerprint density at radius 1 is 1.50 bits per heavy atom. The monoisotopic (exact) mass is 242 g/mol. The molecule has 1 rings (SSSR count). The molecule has 0 bridgehead atoms. The van der Waals surface area contributed by atoms with Crippen LogP contribution in [0.25, 0.3) is 0 Å². The van der Waals surface area contributed by atoms with E-state index in [9.17, 15) is 22.4 Å². The van der Waals surface area contributed by atoms with Crippen molar-refractivity contribution < 1.29 is 22.4 Å². The highest BCUT2D eigenvalue weighted by Crippen LogP contribution is 2.22. The fourth-order valence-electron chi connectivity index (χ4n) is 1.58. The maximum atomic E-state index is 12.5. The van der Waals surface area contributed by atoms with Crippen LogP contribution in [0.1, 0.15) is 19.3 Å². The van der Waals surface area contributed by atoms with Crippen molar-refractivity contribution in [2.24, 2.45) is 0 Å². The summed E-state index contributed by atoms with van der Waals surface area (Å²) in [7, 11) is 0. The maximum absolute atomic E-state index is 12.5. The van der Waals surface area contributed by atoms with Crippen LogP contribution >= 0.6 is 0 Å². The molecule has 1 heterocycles. The third kappa shape index (κ3) is 3.33. The fraction of sp³-hybridized carbons (Fsp3) is 0.889. The molecule has 0 unspecified atom stereocenters. The molecule has 0 aliphatic carbocycles. The number of nitrogens with one attached hydrogen (secondary N) is 2. The Morgan fingerprint density at radius 3 is 2.69 bits per heavy atom. The molecule has 0 radical (unpaired) electrons. The van der Waals surface area contributed by atoms with Gasteiger partial charge < -0.3 is 10.6 Å². The van der Waals surface area contributed by atoms with Gasteiger partial charge in [-0.15, -0.1) is 0 Å². The topological polar surface area (TPSA) is 41.1 Å². The van der Waals surface area contributed by atoms with Crippen molar-refractivity contribution in [1.29, 1.82) is 0 Å². The molecule has 0 saturated carbocycles. The fourth-order valence-corrected chi connectivity index (χ4v) is 1.58. The summed E-state index contributed by atoms with van der Waals surface area (Å²) in [4.78, 5) is 10.7. The lowest BCUT2D eigenvalue weighted by molar-refractivity contribution is -0.169. The maximum Gasteiger partial charge on any atom is 0.383 e. The summed E-state index contributed by atoms with van der Waals surface area (Å²) in [5, 5.41) is 4.93. The third-order valence-corrected chi connectivity index (χ3v) is 2.52. The first kappa shape index (κ1) is 13.2. The van der Waals surface area contributed by atoms with Crippen LogP contribution in [0.3, 0.4) is 0 Å². The van der Waals surface area contributed by atoms with E-state index in [1.807, 2.05) is 5.32 Å². The summed E-state index contributed by atoms with van der Waals surface area (Å²) < 4.78 is 48.5. The molecule has 0 spiro atoms. The van der Waals surface area contributed by atoms with Crippen LogP contribution in [0.5, 0.6) is 0 Å². The molecule has 1 aliphatic heterocycles. The molecular formula is C9H14F4N2O. The first-order chi connectivity index (χ1) is 7.44. The number of amides is 1. The Kier molecular flexibility index (Phi) is 4.52. The predicted octanol–water partition coefficient (Wildman–Crippen LogP) is 1.15. The number of alkyl halides is 4. The van der Waals surface area contributed by atoms with E-state index in [0.29, 0.717) is 6.42 Å². The summed E-state index contributed by atoms with van der Waals surface area (Å²) in [5.74, 6) is -6.50. The zero-order valence-electron chi connectivity index (χ0n) is 8.61. The highest BCUT2D eigenvalue weighted by atomic mass is 19.3. The quantitative estimate of drug-likeness (QED) is 0.710. The van der Waals surface area contributed by atoms with Gasteiger partial charge in [0.05, 0.1) is 0 Å². The molecule has 2 N–H and O–H groups in total. The van der Waals surface area contributed by atoms with E-state index < -0.39 is 18.3 Å². The van der Waals surface area contributed by atoms with Gasteiger partial charge in [0.15, 0.2) is 0 Å². The van der Waals surface area contributed by atoms with E-state index >= 15 is 0 Å². The molecule has 7 heteroatoms. The lowest BCUT2D eigenvalue weighted by atomic mass is 10.1. The Labute approximate surface area is 90.6 Å². The lowest BCUT2D eigenvalue weighted by Crippen LogP contribution is -2.46. The summed E-state index contributed by atoms with van der Waals surface area (Å²) >= 11 is 0. The minimum absolute atomic E-state index is 0.0151. The van der Waals surface area contributed by atoms with Gasteiger partial charge in [-0.3, -0.25) is 4.79 Å². The van der Waals surface area contributed by atoms with Crippen molar-refractivity contribution in [3.63, 3.8) is 0 Å². The largest absolute Gasteiger partial charge is 0.383 e. The molecule has 3 nitrogen and oxygen atoms in total. The van der Waals surface area contributed by atoms with Crippen molar-refractivity contribution in [2.45, 2.75) is 37.7 Å². The van der Waals surface area contributed by atoms with E-state index in [2.05, 4.69) is 5.32 Å². The Hall–Kier alpha value is -0.850. The Balaban J connectivity index is 2.24. The molecule has 0 aromatic heterocycles. The Morgan fingerprint density at radius 2 is 2.19 bits per heavy atom. The van der Waals surface area contributed by atoms with E-state index in [-0.39, 0.29) is 12.6 Å². The van der Waals surface area contributed by atoms with Crippen molar-refractivity contribution in [2.75, 3.05) is 13.1 Å². The second kappa shape index (κ2) is 5.47. The van der Waals surface area contributed by atoms with Gasteiger partial charge in [-0.2, -0.15) is 8.78 Å². The van der Waals surface area contributed by atoms with Crippen molar-refractivity contribution in [3.05, 3.63) is 0 Å². The molecule has 1 saturated heterocycles. The van der Waals surface area contributed by atoms with Gasteiger partial charge in [0.25, 0.3) is 5.91 Å². The van der Waals surface area contributed by atoms with Crippen molar-refractivity contribution >= 4 is 5.91 Å². The number of carbonyl (C=O) groups excluding carboxylic acids is 1. The summed E-state index contributed by atoms with van der Waals surface area (Å²) in [5.41, 5.74) is 0. The second-order valence-electron chi connectivity index (χ2n) is 3.76. The van der Waals surface area contributed by atoms with Crippen LogP contribution in [-0.2, 0) is 4.79 Å². The Bertz CT molecular complexity index is 242. The number of hydrogen-bond acceptors (Lipinski definition) is 2. The molecule has 1 aliphatic rings. The average molecular weight is 242 g/mol. The zero-order chi connectivity index (χ0) is 12.2. The van der Waals surface area contributed by atoms with Crippen LogP contribution in [0, 0.1) is 0 Å². The van der Waals surface area contributed by atoms with E-state index in [4.69, 9.17) is 0 Å². The van der Waals surface area contributed by atoms with Crippen LogP contribution in [0.15, 0.2) is 0 Å². The van der Waals surface area contributed by atoms with Crippen molar-refractivity contribution in [1.82, 2.24) is 10.6 Å². The first-order valence-corrected chi connectivity index (χ1v) is 5.12. The number of rotatable bonds is 5. The van der Waals surface area contributed by atoms with Crippen LogP contribution in [-0.4, -0.2) is 37.4 Å². The smallest absolute Gasteiger partial charge is 0.351 e. The molecule has 16 heavy (non-hydrogen) atoms. The summed E-state index contributed by atoms with van der Waals surface area (Å²) in [6, 6.07) is 0.181. The van der Waals surface area contributed by atoms with E-state index in [0.717, 1.165) is 19.4 Å². The zero-order valence-corrected chi connectivity index (χ0v) is 8.61. The highest BCUT2D eigenvalue weighted by Gasteiger charge is 2.48. The second-order valence-corrected chi connectivity index (χ2v) is 3.76. The number of halogens is 4. The molecule has 94 valence electrons. The van der Waals surface area contributed by atoms with Gasteiger partial charge in [0.2, 0.25) is 0 Å². The lowest BCUT2D eigenvalue weighted by Gasteiger charge is -2.16. The summed E-state index contributed by atoms with van der Waals surface area (Å²) in [6.07, 6.45) is -1.56. The minimum Gasteiger partial charge on any atom is -0.351 e. The SMILES string of the molecule is O=C(NCC[C@H]1CCCN1)C(F)(F)C(F)F. The van der Waals surface area contributed by atoms with E-state index in [1.165, 1.54) is 0 Å². The molecule has 0 aromatic carbocycles. The minimum atomic E-state index is -4.59. The average Bonchev–Trinajstić information content (AvgIpc) is 2.70. The van der Waals surface area contributed by atoms with Gasteiger partial charge in [0.1, 0.15) is 0 Å². The van der Waals surface area contributed by atoms with Gasteiger partial charge in [-0.1, -0.05) is 0 Å². The molecule has 0 aromatic rings. The van der Waals surface area contributed by atoms with Gasteiger partial charge in [0, 0.05) is 12.6 Å². The molecular weight excluding hydrogens is 228 g/mol. The molecule has 1 atom stereocenters. The standard InChI is InChI=1S/C9H14F4N2O/c10-7(11)9(12,13)8(16)15-5-3-6-2-1-4-14-6/h6-7,14H,1-5H2,(H,15,16)/t6-/m1/s1. The van der Waals surface area contributed by atoms with Gasteiger partial charge in [-0.25, -0.2) is 8.78 Å². The van der Waals surface area contributed by atoms with Crippen LogP contribution < -0.4 is 10.6 Å². The van der Waals surface area contributed by atoms with Crippen LogP contribution in [0.4, 0.5) is 17.6 Å². The van der Waals surface area contributed by atoms with Gasteiger partial charge in [-0.05, 0) is 25.8 Å². The summed E-state index contributed by atoms with van der Waals surface area (Å²) in [6.45, 7) is 0.852. The third-order valence-electron chi connectivity index (χ3n) is 2.52. The predicted molar refractivity (Wildman–Crippen MR) is 49.6 cm³/mol. The number of hydrogen-bond donors (Lipinski definition) is 2. The highest BCUT2D eigenvalue weighted by molar-refractivity contribution is 5.83. The van der Waals surface area contributed by atoms with Crippen molar-refractivity contribution in [3.8, 4) is 0 Å². The molecule has 1 amide bonds.